The van der Waals surface area contributed by atoms with Gasteiger partial charge in [0.25, 0.3) is 0 Å². The van der Waals surface area contributed by atoms with Crippen LogP contribution in [0.4, 0.5) is 8.78 Å². The molecule has 0 fully saturated rings. The van der Waals surface area contributed by atoms with Crippen molar-refractivity contribution < 1.29 is 18.3 Å². The number of hydrogen-bond donors (Lipinski definition) is 0. The second kappa shape index (κ2) is 3.46. The molecule has 0 N–H and O–H groups in total. The minimum atomic E-state index is -3.55. The highest BCUT2D eigenvalue weighted by atomic mass is 19.3. The second-order valence-corrected chi connectivity index (χ2v) is 2.08. The van der Waals surface area contributed by atoms with Crippen LogP contribution in [0.2, 0.25) is 0 Å². The maximum absolute atomic E-state index is 12.6. The van der Waals surface area contributed by atoms with Crippen molar-refractivity contribution in [3.05, 3.63) is 12.2 Å². The molecule has 0 heterocycles. The van der Waals surface area contributed by atoms with Gasteiger partial charge in [0, 0.05) is 0 Å². The Morgan fingerprint density at radius 3 is 2.36 bits per heavy atom. The molecular formula is C7H10F2O2. The van der Waals surface area contributed by atoms with Crippen LogP contribution in [0, 0.1) is 0 Å². The number of halogens is 2. The third kappa shape index (κ3) is 2.29. The van der Waals surface area contributed by atoms with Crippen molar-refractivity contribution in [3.63, 3.8) is 0 Å². The molecule has 2 nitrogen and oxygen atoms in total. The SMILES string of the molecule is C=C(C)C(F)(F)C(=O)OCC. The molecule has 4 heteroatoms. The molecule has 0 aliphatic carbocycles. The second-order valence-electron chi connectivity index (χ2n) is 2.08. The Bertz CT molecular complexity index is 175. The molecule has 0 spiro atoms. The quantitative estimate of drug-likeness (QED) is 0.469. The van der Waals surface area contributed by atoms with Gasteiger partial charge in [-0.3, -0.25) is 0 Å². The smallest absolute Gasteiger partial charge is 0.381 e. The summed E-state index contributed by atoms with van der Waals surface area (Å²) in [5.41, 5.74) is -0.504. The van der Waals surface area contributed by atoms with Gasteiger partial charge in [0.1, 0.15) is 0 Å². The van der Waals surface area contributed by atoms with Crippen LogP contribution in [0.1, 0.15) is 13.8 Å². The molecule has 0 bridgehead atoms. The molecule has 0 saturated heterocycles. The maximum Gasteiger partial charge on any atom is 0.381 e. The number of alkyl halides is 2. The summed E-state index contributed by atoms with van der Waals surface area (Å²) in [5, 5.41) is 0. The Labute approximate surface area is 63.8 Å². The highest BCUT2D eigenvalue weighted by Gasteiger charge is 2.41. The highest BCUT2D eigenvalue weighted by Crippen LogP contribution is 2.23. The topological polar surface area (TPSA) is 26.3 Å². The predicted molar refractivity (Wildman–Crippen MR) is 36.4 cm³/mol. The van der Waals surface area contributed by atoms with E-state index in [1.54, 1.807) is 0 Å². The summed E-state index contributed by atoms with van der Waals surface area (Å²) in [5.74, 6) is -5.08. The van der Waals surface area contributed by atoms with E-state index in [1.165, 1.54) is 6.92 Å². The van der Waals surface area contributed by atoms with Crippen molar-refractivity contribution in [2.45, 2.75) is 19.8 Å². The molecule has 0 rings (SSSR count). The summed E-state index contributed by atoms with van der Waals surface area (Å²) >= 11 is 0. The molecule has 64 valence electrons. The first-order valence-corrected chi connectivity index (χ1v) is 3.14. The number of esters is 1. The minimum Gasteiger partial charge on any atom is -0.461 e. The van der Waals surface area contributed by atoms with Crippen LogP contribution in [-0.2, 0) is 9.53 Å². The Kier molecular flexibility index (Phi) is 3.17. The average molecular weight is 164 g/mol. The predicted octanol–water partition coefficient (Wildman–Crippen LogP) is 1.76. The van der Waals surface area contributed by atoms with E-state index in [9.17, 15) is 13.6 Å². The molecule has 0 saturated carbocycles. The first kappa shape index (κ1) is 10.1. The third-order valence-electron chi connectivity index (χ3n) is 1.07. The molecule has 0 aromatic heterocycles. The molecule has 0 aliphatic rings. The van der Waals surface area contributed by atoms with E-state index in [4.69, 9.17) is 0 Å². The molecule has 0 aromatic rings. The van der Waals surface area contributed by atoms with E-state index in [-0.39, 0.29) is 6.61 Å². The van der Waals surface area contributed by atoms with E-state index in [0.29, 0.717) is 0 Å². The van der Waals surface area contributed by atoms with Gasteiger partial charge < -0.3 is 4.74 Å². The molecule has 0 unspecified atom stereocenters. The van der Waals surface area contributed by atoms with E-state index in [2.05, 4.69) is 11.3 Å². The lowest BCUT2D eigenvalue weighted by Gasteiger charge is -2.13. The number of carbonyl (C=O) groups is 1. The van der Waals surface area contributed by atoms with E-state index < -0.39 is 17.5 Å². The van der Waals surface area contributed by atoms with Crippen molar-refractivity contribution in [3.8, 4) is 0 Å². The van der Waals surface area contributed by atoms with Crippen LogP contribution in [0.25, 0.3) is 0 Å². The van der Waals surface area contributed by atoms with E-state index in [1.807, 2.05) is 0 Å². The fraction of sp³-hybridized carbons (Fsp3) is 0.571. The largest absolute Gasteiger partial charge is 0.461 e. The van der Waals surface area contributed by atoms with Crippen LogP contribution < -0.4 is 0 Å². The molecule has 0 radical (unpaired) electrons. The Morgan fingerprint density at radius 2 is 2.09 bits per heavy atom. The maximum atomic E-state index is 12.6. The van der Waals surface area contributed by atoms with Crippen molar-refractivity contribution in [2.75, 3.05) is 6.61 Å². The fourth-order valence-corrected chi connectivity index (χ4v) is 0.396. The highest BCUT2D eigenvalue weighted by molar-refractivity contribution is 5.81. The fourth-order valence-electron chi connectivity index (χ4n) is 0.396. The minimum absolute atomic E-state index is 0.0539. The number of rotatable bonds is 3. The van der Waals surface area contributed by atoms with E-state index in [0.717, 1.165) is 6.92 Å². The van der Waals surface area contributed by atoms with E-state index >= 15 is 0 Å². The lowest BCUT2D eigenvalue weighted by Crippen LogP contribution is -2.31. The van der Waals surface area contributed by atoms with Crippen molar-refractivity contribution >= 4 is 5.97 Å². The standard InChI is InChI=1S/C7H10F2O2/c1-4-11-6(10)7(8,9)5(2)3/h2,4H2,1,3H3. The lowest BCUT2D eigenvalue weighted by molar-refractivity contribution is -0.165. The summed E-state index contributed by atoms with van der Waals surface area (Å²) < 4.78 is 29.2. The Hall–Kier alpha value is -0.930. The third-order valence-corrected chi connectivity index (χ3v) is 1.07. The van der Waals surface area contributed by atoms with Gasteiger partial charge in [-0.05, 0) is 19.4 Å². The van der Waals surface area contributed by atoms with Gasteiger partial charge in [0.15, 0.2) is 0 Å². The number of carbonyl (C=O) groups excluding carboxylic acids is 1. The zero-order valence-corrected chi connectivity index (χ0v) is 6.49. The summed E-state index contributed by atoms with van der Waals surface area (Å²) in [4.78, 5) is 10.5. The zero-order chi connectivity index (χ0) is 9.07. The lowest BCUT2D eigenvalue weighted by atomic mass is 10.2. The molecule has 11 heavy (non-hydrogen) atoms. The summed E-state index contributed by atoms with van der Waals surface area (Å²) in [7, 11) is 0. The van der Waals surface area contributed by atoms with Gasteiger partial charge in [0.2, 0.25) is 0 Å². The Morgan fingerprint density at radius 1 is 1.64 bits per heavy atom. The van der Waals surface area contributed by atoms with Crippen LogP contribution >= 0.6 is 0 Å². The van der Waals surface area contributed by atoms with Crippen molar-refractivity contribution in [1.82, 2.24) is 0 Å². The number of hydrogen-bond acceptors (Lipinski definition) is 2. The van der Waals surface area contributed by atoms with Gasteiger partial charge in [0.05, 0.1) is 6.61 Å². The van der Waals surface area contributed by atoms with Crippen molar-refractivity contribution in [2.24, 2.45) is 0 Å². The van der Waals surface area contributed by atoms with Gasteiger partial charge in [-0.25, -0.2) is 4.79 Å². The first-order chi connectivity index (χ1) is 4.92. The van der Waals surface area contributed by atoms with Gasteiger partial charge in [-0.15, -0.1) is 0 Å². The van der Waals surface area contributed by atoms with Crippen LogP contribution in [0.15, 0.2) is 12.2 Å². The molecule has 0 atom stereocenters. The summed E-state index contributed by atoms with van der Waals surface area (Å²) in [6.45, 7) is 5.47. The number of ether oxygens (including phenoxy) is 1. The van der Waals surface area contributed by atoms with Crippen LogP contribution in [-0.4, -0.2) is 18.5 Å². The first-order valence-electron chi connectivity index (χ1n) is 3.14. The molecule has 0 aliphatic heterocycles. The Balaban J connectivity index is 4.30. The summed E-state index contributed by atoms with van der Waals surface area (Å²) in [6, 6.07) is 0. The molecule has 0 aromatic carbocycles. The van der Waals surface area contributed by atoms with Crippen LogP contribution in [0.5, 0.6) is 0 Å². The summed E-state index contributed by atoms with van der Waals surface area (Å²) in [6.07, 6.45) is 0. The van der Waals surface area contributed by atoms with Gasteiger partial charge >= 0.3 is 11.9 Å². The van der Waals surface area contributed by atoms with Gasteiger partial charge in [-0.2, -0.15) is 8.78 Å². The molecule has 0 amide bonds. The van der Waals surface area contributed by atoms with Crippen LogP contribution in [0.3, 0.4) is 0 Å². The zero-order valence-electron chi connectivity index (χ0n) is 6.49. The monoisotopic (exact) mass is 164 g/mol. The van der Waals surface area contributed by atoms with Gasteiger partial charge in [-0.1, -0.05) is 6.58 Å². The normalized spacial score (nSPS) is 10.9. The average Bonchev–Trinajstić information content (AvgIpc) is 1.88. The molecular weight excluding hydrogens is 154 g/mol. The van der Waals surface area contributed by atoms with Crippen molar-refractivity contribution in [1.29, 1.82) is 0 Å².